The maximum Gasteiger partial charge on any atom is 0.261 e. The molecule has 4 aromatic rings. The molecule has 0 aliphatic rings. The molecule has 1 aromatic carbocycles. The lowest BCUT2D eigenvalue weighted by atomic mass is 10.1. The molecule has 26 heavy (non-hydrogen) atoms. The number of nitrogens with zero attached hydrogens (tertiary/aromatic N) is 4. The first-order valence-electron chi connectivity index (χ1n) is 7.70. The quantitative estimate of drug-likeness (QED) is 0.567. The van der Waals surface area contributed by atoms with Crippen molar-refractivity contribution in [3.05, 3.63) is 59.9 Å². The highest BCUT2D eigenvalue weighted by atomic mass is 35.5. The van der Waals surface area contributed by atoms with E-state index in [4.69, 9.17) is 4.52 Å². The molecule has 0 aliphatic heterocycles. The summed E-state index contributed by atoms with van der Waals surface area (Å²) in [6.45, 7) is 3.62. The Labute approximate surface area is 154 Å². The predicted octanol–water partition coefficient (Wildman–Crippen LogP) is 4.60. The molecule has 0 spiro atoms. The highest BCUT2D eigenvalue weighted by molar-refractivity contribution is 5.98. The second kappa shape index (κ2) is 7.05. The third-order valence-corrected chi connectivity index (χ3v) is 3.76. The molecule has 0 aliphatic carbocycles. The number of hydrogen-bond acceptors (Lipinski definition) is 6. The van der Waals surface area contributed by atoms with E-state index in [0.29, 0.717) is 34.3 Å². The first-order valence-corrected chi connectivity index (χ1v) is 7.70. The Morgan fingerprint density at radius 3 is 2.58 bits per heavy atom. The zero-order valence-corrected chi connectivity index (χ0v) is 14.8. The van der Waals surface area contributed by atoms with E-state index < -0.39 is 0 Å². The number of hydrogen-bond donors (Lipinski definition) is 1. The third-order valence-electron chi connectivity index (χ3n) is 3.76. The van der Waals surface area contributed by atoms with E-state index in [1.807, 2.05) is 19.1 Å². The molecule has 0 saturated carbocycles. The van der Waals surface area contributed by atoms with Crippen molar-refractivity contribution in [1.29, 1.82) is 0 Å². The highest BCUT2D eigenvalue weighted by Crippen LogP contribution is 2.35. The maximum absolute atomic E-state index is 14.1. The highest BCUT2D eigenvalue weighted by Gasteiger charge is 2.17. The number of fused-ring (bicyclic) bond motifs is 1. The fourth-order valence-electron chi connectivity index (χ4n) is 2.57. The van der Waals surface area contributed by atoms with Crippen molar-refractivity contribution in [2.75, 3.05) is 5.32 Å². The molecule has 0 bridgehead atoms. The van der Waals surface area contributed by atoms with E-state index in [1.54, 1.807) is 31.3 Å². The first-order chi connectivity index (χ1) is 12.1. The average molecular weight is 372 g/mol. The van der Waals surface area contributed by atoms with Crippen LogP contribution in [0, 0.1) is 19.7 Å². The lowest BCUT2D eigenvalue weighted by molar-refractivity contribution is 0.425. The van der Waals surface area contributed by atoms with Crippen LogP contribution in [0.15, 0.2) is 47.1 Å². The number of aromatic nitrogens is 4. The molecule has 4 rings (SSSR count). The monoisotopic (exact) mass is 371 g/mol. The van der Waals surface area contributed by atoms with Gasteiger partial charge in [-0.1, -0.05) is 17.3 Å². The van der Waals surface area contributed by atoms with Crippen LogP contribution in [0.4, 0.5) is 15.8 Å². The molecular formula is C18H15ClFN5O. The van der Waals surface area contributed by atoms with Crippen molar-refractivity contribution in [3.63, 3.8) is 0 Å². The molecule has 3 heterocycles. The lowest BCUT2D eigenvalue weighted by Gasteiger charge is -2.13. The van der Waals surface area contributed by atoms with Gasteiger partial charge in [-0.2, -0.15) is 4.98 Å². The van der Waals surface area contributed by atoms with Gasteiger partial charge in [0.1, 0.15) is 5.82 Å². The normalized spacial score (nSPS) is 10.6. The number of aryl methyl sites for hydroxylation is 2. The summed E-state index contributed by atoms with van der Waals surface area (Å²) in [5, 5.41) is 7.69. The summed E-state index contributed by atoms with van der Waals surface area (Å²) in [6, 6.07) is 10.2. The molecule has 0 radical (unpaired) electrons. The summed E-state index contributed by atoms with van der Waals surface area (Å²) in [6.07, 6.45) is 1.60. The molecule has 132 valence electrons. The smallest absolute Gasteiger partial charge is 0.261 e. The standard InChI is InChI=1S/C18H14FN5O.ClH/c1-10-7-8-12-16(23-15-6-4-3-5-14(15)19)13(9-20-17(12)21-10)18-22-11(2)24-25-18;/h3-9H,1-2H3,(H,20,21,23);1H. The van der Waals surface area contributed by atoms with E-state index in [2.05, 4.69) is 25.4 Å². The number of rotatable bonds is 3. The van der Waals surface area contributed by atoms with Crippen LogP contribution in [0.1, 0.15) is 11.5 Å². The Morgan fingerprint density at radius 1 is 1.04 bits per heavy atom. The summed E-state index contributed by atoms with van der Waals surface area (Å²) in [5.74, 6) is 0.459. The van der Waals surface area contributed by atoms with Gasteiger partial charge < -0.3 is 9.84 Å². The second-order valence-electron chi connectivity index (χ2n) is 5.62. The van der Waals surface area contributed by atoms with Crippen LogP contribution in [0.5, 0.6) is 0 Å². The molecule has 0 amide bonds. The summed E-state index contributed by atoms with van der Waals surface area (Å²) in [7, 11) is 0. The van der Waals surface area contributed by atoms with Gasteiger partial charge >= 0.3 is 0 Å². The van der Waals surface area contributed by atoms with Gasteiger partial charge in [0, 0.05) is 17.3 Å². The molecule has 8 heteroatoms. The number of benzene rings is 1. The minimum absolute atomic E-state index is 0. The van der Waals surface area contributed by atoms with E-state index in [-0.39, 0.29) is 18.2 Å². The molecule has 0 atom stereocenters. The number of anilines is 2. The van der Waals surface area contributed by atoms with E-state index >= 15 is 0 Å². The molecule has 0 unspecified atom stereocenters. The first kappa shape index (κ1) is 17.8. The van der Waals surface area contributed by atoms with Gasteiger partial charge in [0.15, 0.2) is 11.5 Å². The number of pyridine rings is 2. The van der Waals surface area contributed by atoms with Crippen LogP contribution in [-0.2, 0) is 0 Å². The van der Waals surface area contributed by atoms with Gasteiger partial charge in [-0.3, -0.25) is 0 Å². The fourth-order valence-corrected chi connectivity index (χ4v) is 2.57. The van der Waals surface area contributed by atoms with Gasteiger partial charge in [-0.05, 0) is 38.1 Å². The van der Waals surface area contributed by atoms with Gasteiger partial charge in [0.25, 0.3) is 5.89 Å². The van der Waals surface area contributed by atoms with E-state index in [9.17, 15) is 4.39 Å². The largest absolute Gasteiger partial charge is 0.352 e. The predicted molar refractivity (Wildman–Crippen MR) is 99.2 cm³/mol. The summed E-state index contributed by atoms with van der Waals surface area (Å²) >= 11 is 0. The van der Waals surface area contributed by atoms with Crippen LogP contribution in [0.2, 0.25) is 0 Å². The number of nitrogens with one attached hydrogen (secondary N) is 1. The Balaban J connectivity index is 0.00000196. The van der Waals surface area contributed by atoms with Gasteiger partial charge in [0.05, 0.1) is 16.9 Å². The van der Waals surface area contributed by atoms with Gasteiger partial charge in [0.2, 0.25) is 0 Å². The number of halogens is 2. The SMILES string of the molecule is Cc1ccc2c(Nc3ccccc3F)c(-c3nc(C)no3)cnc2n1.Cl. The molecule has 3 aromatic heterocycles. The van der Waals surface area contributed by atoms with Crippen molar-refractivity contribution in [2.45, 2.75) is 13.8 Å². The zero-order chi connectivity index (χ0) is 17.4. The topological polar surface area (TPSA) is 76.7 Å². The second-order valence-corrected chi connectivity index (χ2v) is 5.62. The van der Waals surface area contributed by atoms with E-state index in [1.165, 1.54) is 6.07 Å². The zero-order valence-electron chi connectivity index (χ0n) is 14.0. The van der Waals surface area contributed by atoms with Crippen LogP contribution in [0.25, 0.3) is 22.5 Å². The summed E-state index contributed by atoms with van der Waals surface area (Å²) < 4.78 is 19.4. The van der Waals surface area contributed by atoms with Gasteiger partial charge in [-0.25, -0.2) is 14.4 Å². The molecular weight excluding hydrogens is 357 g/mol. The van der Waals surface area contributed by atoms with Crippen LogP contribution in [-0.4, -0.2) is 20.1 Å². The molecule has 6 nitrogen and oxygen atoms in total. The molecule has 0 saturated heterocycles. The molecule has 1 N–H and O–H groups in total. The van der Waals surface area contributed by atoms with E-state index in [0.717, 1.165) is 11.1 Å². The Morgan fingerprint density at radius 2 is 1.85 bits per heavy atom. The van der Waals surface area contributed by atoms with Crippen LogP contribution in [0.3, 0.4) is 0 Å². The Hall–Kier alpha value is -3.06. The maximum atomic E-state index is 14.1. The fraction of sp³-hybridized carbons (Fsp3) is 0.111. The summed E-state index contributed by atoms with van der Waals surface area (Å²) in [4.78, 5) is 13.1. The van der Waals surface area contributed by atoms with Crippen molar-refractivity contribution >= 4 is 34.8 Å². The van der Waals surface area contributed by atoms with Crippen LogP contribution < -0.4 is 5.32 Å². The Bertz CT molecular complexity index is 1080. The third kappa shape index (κ3) is 3.21. The average Bonchev–Trinajstić information content (AvgIpc) is 3.03. The minimum atomic E-state index is -0.361. The number of para-hydroxylation sites is 1. The minimum Gasteiger partial charge on any atom is -0.352 e. The summed E-state index contributed by atoms with van der Waals surface area (Å²) in [5.41, 5.74) is 2.94. The van der Waals surface area contributed by atoms with Gasteiger partial charge in [-0.15, -0.1) is 12.4 Å². The molecule has 0 fully saturated rings. The van der Waals surface area contributed by atoms with Crippen molar-refractivity contribution in [1.82, 2.24) is 20.1 Å². The van der Waals surface area contributed by atoms with Crippen LogP contribution >= 0.6 is 12.4 Å². The van der Waals surface area contributed by atoms with Crippen molar-refractivity contribution in [3.8, 4) is 11.5 Å². The van der Waals surface area contributed by atoms with Crippen molar-refractivity contribution in [2.24, 2.45) is 0 Å². The lowest BCUT2D eigenvalue weighted by Crippen LogP contribution is -2.00. The Kier molecular flexibility index (Phi) is 4.81. The van der Waals surface area contributed by atoms with Crippen molar-refractivity contribution < 1.29 is 8.91 Å².